The van der Waals surface area contributed by atoms with Crippen LogP contribution in [0.15, 0.2) is 30.3 Å². The lowest BCUT2D eigenvalue weighted by Crippen LogP contribution is -2.30. The van der Waals surface area contributed by atoms with E-state index in [0.29, 0.717) is 16.8 Å². The highest BCUT2D eigenvalue weighted by atomic mass is 16.5. The van der Waals surface area contributed by atoms with Crippen LogP contribution in [0.4, 0.5) is 5.69 Å². The van der Waals surface area contributed by atoms with Crippen LogP contribution in [0.3, 0.4) is 0 Å². The molecule has 1 heterocycles. The fraction of sp³-hybridized carbons (Fsp3) is 0.316. The van der Waals surface area contributed by atoms with Gasteiger partial charge < -0.3 is 14.6 Å². The minimum atomic E-state index is -0.937. The van der Waals surface area contributed by atoms with Gasteiger partial charge in [0.15, 0.2) is 6.10 Å². The number of hydrogen-bond donors (Lipinski definition) is 1. The standard InChI is InChI=1S/C19H21N3O3/c1-5-22-12(2)10-17(13(22)3)19(24)25-14(4)18(23)21-16-8-6-15(11-20)7-9-16/h6-10,14H,5H2,1-4H3,(H,21,23)/t14-/m1/s1. The van der Waals surface area contributed by atoms with Gasteiger partial charge in [-0.2, -0.15) is 5.26 Å². The van der Waals surface area contributed by atoms with Crippen molar-refractivity contribution in [1.82, 2.24) is 4.57 Å². The van der Waals surface area contributed by atoms with Crippen molar-refractivity contribution in [3.63, 3.8) is 0 Å². The fourth-order valence-electron chi connectivity index (χ4n) is 2.64. The van der Waals surface area contributed by atoms with Gasteiger partial charge in [0.25, 0.3) is 5.91 Å². The highest BCUT2D eigenvalue weighted by Crippen LogP contribution is 2.17. The number of carbonyl (C=O) groups excluding carboxylic acids is 2. The summed E-state index contributed by atoms with van der Waals surface area (Å²) >= 11 is 0. The third-order valence-corrected chi connectivity index (χ3v) is 4.04. The molecule has 0 fully saturated rings. The van der Waals surface area contributed by atoms with Crippen LogP contribution in [0.25, 0.3) is 0 Å². The van der Waals surface area contributed by atoms with E-state index in [1.54, 1.807) is 30.3 Å². The Morgan fingerprint density at radius 1 is 1.28 bits per heavy atom. The maximum Gasteiger partial charge on any atom is 0.340 e. The van der Waals surface area contributed by atoms with Gasteiger partial charge in [0.05, 0.1) is 17.2 Å². The van der Waals surface area contributed by atoms with Crippen molar-refractivity contribution in [3.8, 4) is 6.07 Å². The maximum absolute atomic E-state index is 12.3. The number of esters is 1. The number of ether oxygens (including phenoxy) is 1. The highest BCUT2D eigenvalue weighted by molar-refractivity contribution is 5.97. The van der Waals surface area contributed by atoms with Crippen LogP contribution < -0.4 is 5.32 Å². The average molecular weight is 339 g/mol. The van der Waals surface area contributed by atoms with E-state index in [1.807, 2.05) is 31.4 Å². The van der Waals surface area contributed by atoms with E-state index >= 15 is 0 Å². The Labute approximate surface area is 147 Å². The predicted octanol–water partition coefficient (Wildman–Crippen LogP) is 3.18. The Balaban J connectivity index is 2.03. The van der Waals surface area contributed by atoms with Crippen molar-refractivity contribution in [2.24, 2.45) is 0 Å². The lowest BCUT2D eigenvalue weighted by atomic mass is 10.2. The van der Waals surface area contributed by atoms with Crippen molar-refractivity contribution in [3.05, 3.63) is 52.8 Å². The second kappa shape index (κ2) is 7.67. The van der Waals surface area contributed by atoms with Crippen LogP contribution in [0.2, 0.25) is 0 Å². The summed E-state index contributed by atoms with van der Waals surface area (Å²) in [5.74, 6) is -0.947. The van der Waals surface area contributed by atoms with Crippen molar-refractivity contribution >= 4 is 17.6 Å². The molecule has 0 unspecified atom stereocenters. The first-order valence-corrected chi connectivity index (χ1v) is 8.06. The van der Waals surface area contributed by atoms with E-state index in [9.17, 15) is 9.59 Å². The second-order valence-corrected chi connectivity index (χ2v) is 5.76. The molecule has 0 radical (unpaired) electrons. The summed E-state index contributed by atoms with van der Waals surface area (Å²) < 4.78 is 7.30. The van der Waals surface area contributed by atoms with Gasteiger partial charge in [0.2, 0.25) is 0 Å². The third-order valence-electron chi connectivity index (χ3n) is 4.04. The molecule has 1 atom stereocenters. The molecule has 0 saturated heterocycles. The molecule has 0 saturated carbocycles. The van der Waals surface area contributed by atoms with Gasteiger partial charge in [-0.15, -0.1) is 0 Å². The number of aryl methyl sites for hydroxylation is 1. The SMILES string of the molecule is CCn1c(C)cc(C(=O)O[C@H](C)C(=O)Nc2ccc(C#N)cc2)c1C. The summed E-state index contributed by atoms with van der Waals surface area (Å²) in [6.07, 6.45) is -0.937. The molecular weight excluding hydrogens is 318 g/mol. The van der Waals surface area contributed by atoms with E-state index in [0.717, 1.165) is 17.9 Å². The number of amides is 1. The third kappa shape index (κ3) is 4.07. The van der Waals surface area contributed by atoms with Gasteiger partial charge in [-0.05, 0) is 58.0 Å². The zero-order chi connectivity index (χ0) is 18.6. The first-order valence-electron chi connectivity index (χ1n) is 8.06. The number of hydrogen-bond acceptors (Lipinski definition) is 4. The first-order chi connectivity index (χ1) is 11.9. The largest absolute Gasteiger partial charge is 0.449 e. The van der Waals surface area contributed by atoms with Gasteiger partial charge >= 0.3 is 5.97 Å². The number of nitrogens with zero attached hydrogens (tertiary/aromatic N) is 2. The summed E-state index contributed by atoms with van der Waals surface area (Å²) in [4.78, 5) is 24.5. The molecular formula is C19H21N3O3. The summed E-state index contributed by atoms with van der Waals surface area (Å²) in [7, 11) is 0. The zero-order valence-electron chi connectivity index (χ0n) is 14.8. The number of carbonyl (C=O) groups is 2. The Bertz CT molecular complexity index is 829. The number of anilines is 1. The monoisotopic (exact) mass is 339 g/mol. The van der Waals surface area contributed by atoms with Crippen molar-refractivity contribution in [2.75, 3.05) is 5.32 Å². The van der Waals surface area contributed by atoms with E-state index in [-0.39, 0.29) is 0 Å². The molecule has 1 aromatic carbocycles. The summed E-state index contributed by atoms with van der Waals surface area (Å²) in [5.41, 5.74) is 3.31. The van der Waals surface area contributed by atoms with Crippen LogP contribution in [-0.2, 0) is 16.1 Å². The van der Waals surface area contributed by atoms with Crippen LogP contribution in [0, 0.1) is 25.2 Å². The molecule has 0 aliphatic heterocycles. The smallest absolute Gasteiger partial charge is 0.340 e. The van der Waals surface area contributed by atoms with Crippen LogP contribution in [-0.4, -0.2) is 22.5 Å². The molecule has 1 aromatic heterocycles. The molecule has 0 spiro atoms. The van der Waals surface area contributed by atoms with Gasteiger partial charge in [-0.25, -0.2) is 4.79 Å². The van der Waals surface area contributed by atoms with Gasteiger partial charge in [0.1, 0.15) is 0 Å². The van der Waals surface area contributed by atoms with Crippen molar-refractivity contribution in [2.45, 2.75) is 40.3 Å². The quantitative estimate of drug-likeness (QED) is 0.848. The normalized spacial score (nSPS) is 11.5. The van der Waals surface area contributed by atoms with Crippen LogP contribution >= 0.6 is 0 Å². The number of aromatic nitrogens is 1. The molecule has 0 bridgehead atoms. The van der Waals surface area contributed by atoms with E-state index in [4.69, 9.17) is 10.00 Å². The molecule has 6 nitrogen and oxygen atoms in total. The lowest BCUT2D eigenvalue weighted by Gasteiger charge is -2.14. The van der Waals surface area contributed by atoms with Crippen LogP contribution in [0.5, 0.6) is 0 Å². The molecule has 2 aromatic rings. The highest BCUT2D eigenvalue weighted by Gasteiger charge is 2.22. The molecule has 6 heteroatoms. The second-order valence-electron chi connectivity index (χ2n) is 5.76. The summed E-state index contributed by atoms with van der Waals surface area (Å²) in [5, 5.41) is 11.4. The first kappa shape index (κ1) is 18.3. The summed E-state index contributed by atoms with van der Waals surface area (Å²) in [6.45, 7) is 8.07. The molecule has 1 amide bonds. The fourth-order valence-corrected chi connectivity index (χ4v) is 2.64. The Kier molecular flexibility index (Phi) is 5.60. The molecule has 1 N–H and O–H groups in total. The van der Waals surface area contributed by atoms with E-state index in [2.05, 4.69) is 5.32 Å². The molecule has 25 heavy (non-hydrogen) atoms. The van der Waals surface area contributed by atoms with Crippen molar-refractivity contribution < 1.29 is 14.3 Å². The maximum atomic E-state index is 12.3. The minimum Gasteiger partial charge on any atom is -0.449 e. The Morgan fingerprint density at radius 3 is 2.44 bits per heavy atom. The molecule has 130 valence electrons. The van der Waals surface area contributed by atoms with Gasteiger partial charge in [0, 0.05) is 23.6 Å². The van der Waals surface area contributed by atoms with Crippen molar-refractivity contribution in [1.29, 1.82) is 5.26 Å². The Hall–Kier alpha value is -3.07. The topological polar surface area (TPSA) is 84.1 Å². The van der Waals surface area contributed by atoms with Gasteiger partial charge in [-0.3, -0.25) is 4.79 Å². The van der Waals surface area contributed by atoms with E-state index < -0.39 is 18.0 Å². The van der Waals surface area contributed by atoms with Crippen LogP contribution in [0.1, 0.15) is 41.2 Å². The molecule has 0 aliphatic carbocycles. The Morgan fingerprint density at radius 2 is 1.92 bits per heavy atom. The number of nitrogens with one attached hydrogen (secondary N) is 1. The summed E-state index contributed by atoms with van der Waals surface area (Å²) in [6, 6.07) is 10.2. The molecule has 2 rings (SSSR count). The lowest BCUT2D eigenvalue weighted by molar-refractivity contribution is -0.123. The average Bonchev–Trinajstić information content (AvgIpc) is 2.89. The number of rotatable bonds is 5. The van der Waals surface area contributed by atoms with E-state index in [1.165, 1.54) is 6.92 Å². The minimum absolute atomic E-state index is 0.428. The predicted molar refractivity (Wildman–Crippen MR) is 94.2 cm³/mol. The zero-order valence-corrected chi connectivity index (χ0v) is 14.8. The number of benzene rings is 1. The number of nitriles is 1. The molecule has 0 aliphatic rings. The van der Waals surface area contributed by atoms with Gasteiger partial charge in [-0.1, -0.05) is 0 Å².